The molecule has 4 unspecified atom stereocenters. The molecule has 0 rings (SSSR count). The number of nitrogens with one attached hydrogen (secondary N) is 3. The van der Waals surface area contributed by atoms with Crippen molar-refractivity contribution in [1.29, 1.82) is 0 Å². The first-order chi connectivity index (χ1) is 13.9. The third kappa shape index (κ3) is 9.76. The molecule has 15 heteroatoms. The maximum absolute atomic E-state index is 12.2. The molecule has 0 radical (unpaired) electrons. The third-order valence-corrected chi connectivity index (χ3v) is 3.66. The van der Waals surface area contributed by atoms with Crippen molar-refractivity contribution in [2.24, 2.45) is 11.5 Å². The Morgan fingerprint density at radius 2 is 1.20 bits per heavy atom. The van der Waals surface area contributed by atoms with Gasteiger partial charge in [0, 0.05) is 6.42 Å². The van der Waals surface area contributed by atoms with Gasteiger partial charge in [-0.2, -0.15) is 0 Å². The number of carboxylic acid groups (broad SMARTS) is 2. The first-order valence-electron chi connectivity index (χ1n) is 8.54. The summed E-state index contributed by atoms with van der Waals surface area (Å²) in [4.78, 5) is 68.5. The monoisotopic (exact) mass is 435 g/mol. The van der Waals surface area contributed by atoms with E-state index in [0.717, 1.165) is 0 Å². The molecule has 4 atom stereocenters. The van der Waals surface area contributed by atoms with Crippen molar-refractivity contribution in [1.82, 2.24) is 16.0 Å². The van der Waals surface area contributed by atoms with Crippen LogP contribution >= 0.6 is 0 Å². The van der Waals surface area contributed by atoms with Crippen LogP contribution in [0.2, 0.25) is 0 Å². The second-order valence-corrected chi connectivity index (χ2v) is 6.10. The zero-order valence-corrected chi connectivity index (χ0v) is 15.7. The molecule has 0 aromatic rings. The summed E-state index contributed by atoms with van der Waals surface area (Å²) in [6.45, 7) is -1.92. The number of rotatable bonds is 14. The number of hydrogen-bond donors (Lipinski definition) is 9. The van der Waals surface area contributed by atoms with E-state index in [-0.39, 0.29) is 12.8 Å². The van der Waals surface area contributed by atoms with Gasteiger partial charge >= 0.3 is 11.9 Å². The first kappa shape index (κ1) is 26.7. The number of hydrogen-bond acceptors (Lipinski definition) is 9. The van der Waals surface area contributed by atoms with Crippen LogP contribution in [-0.2, 0) is 28.8 Å². The molecule has 30 heavy (non-hydrogen) atoms. The van der Waals surface area contributed by atoms with Crippen LogP contribution in [0.1, 0.15) is 19.3 Å². The highest BCUT2D eigenvalue weighted by molar-refractivity contribution is 5.94. The highest BCUT2D eigenvalue weighted by Crippen LogP contribution is 1.99. The number of aliphatic carboxylic acids is 2. The van der Waals surface area contributed by atoms with E-state index in [1.165, 1.54) is 0 Å². The maximum atomic E-state index is 12.2. The fourth-order valence-corrected chi connectivity index (χ4v) is 2.04. The molecule has 0 aliphatic heterocycles. The normalized spacial score (nSPS) is 14.5. The molecule has 0 aliphatic rings. The van der Waals surface area contributed by atoms with Crippen LogP contribution in [-0.4, -0.2) is 93.4 Å². The highest BCUT2D eigenvalue weighted by atomic mass is 16.4. The second kappa shape index (κ2) is 13.0. The van der Waals surface area contributed by atoms with Crippen molar-refractivity contribution < 1.29 is 49.2 Å². The average molecular weight is 435 g/mol. The summed E-state index contributed by atoms with van der Waals surface area (Å²) >= 11 is 0. The number of carbonyl (C=O) groups is 6. The third-order valence-electron chi connectivity index (χ3n) is 3.66. The molecular weight excluding hydrogens is 410 g/mol. The first-order valence-corrected chi connectivity index (χ1v) is 8.54. The summed E-state index contributed by atoms with van der Waals surface area (Å²) < 4.78 is 0. The lowest BCUT2D eigenvalue weighted by Crippen LogP contribution is -2.59. The minimum absolute atomic E-state index is 0.334. The van der Waals surface area contributed by atoms with E-state index < -0.39 is 79.4 Å². The molecule has 0 aliphatic carbocycles. The summed E-state index contributed by atoms with van der Waals surface area (Å²) in [5.41, 5.74) is 10.2. The average Bonchev–Trinajstić information content (AvgIpc) is 2.65. The summed E-state index contributed by atoms with van der Waals surface area (Å²) in [6, 6.07) is -6.34. The molecule has 0 spiro atoms. The van der Waals surface area contributed by atoms with Crippen LogP contribution in [0.25, 0.3) is 0 Å². The molecule has 170 valence electrons. The topological polar surface area (TPSA) is 271 Å². The van der Waals surface area contributed by atoms with Crippen molar-refractivity contribution >= 4 is 35.6 Å². The summed E-state index contributed by atoms with van der Waals surface area (Å²) in [5.74, 6) is -6.97. The number of carboxylic acids is 2. The molecular formula is C15H25N5O10. The molecule has 0 saturated carbocycles. The van der Waals surface area contributed by atoms with E-state index in [4.69, 9.17) is 21.7 Å². The number of amides is 4. The Balaban J connectivity index is 5.00. The number of aliphatic hydroxyl groups excluding tert-OH is 2. The summed E-state index contributed by atoms with van der Waals surface area (Å²) in [6.07, 6.45) is -1.42. The van der Waals surface area contributed by atoms with Gasteiger partial charge in [-0.25, -0.2) is 4.79 Å². The standard InChI is InChI=1S/C15H25N5O10/c16-6(3-11(24)25)12(26)19-8(4-21)14(28)20-9(5-22)13(27)18-7(15(29)30)1-2-10(17)23/h6-9,21-22H,1-5,16H2,(H2,17,23)(H,18,27)(H,19,26)(H,20,28)(H,24,25)(H,29,30). The van der Waals surface area contributed by atoms with Crippen molar-refractivity contribution in [3.8, 4) is 0 Å². The van der Waals surface area contributed by atoms with Gasteiger partial charge in [0.25, 0.3) is 0 Å². The van der Waals surface area contributed by atoms with Crippen LogP contribution in [0.3, 0.4) is 0 Å². The molecule has 0 aromatic heterocycles. The Bertz CT molecular complexity index is 670. The van der Waals surface area contributed by atoms with E-state index in [1.54, 1.807) is 0 Å². The zero-order valence-electron chi connectivity index (χ0n) is 15.7. The summed E-state index contributed by atoms with van der Waals surface area (Å²) in [5, 5.41) is 42.2. The predicted octanol–water partition coefficient (Wildman–Crippen LogP) is -5.42. The van der Waals surface area contributed by atoms with Crippen LogP contribution < -0.4 is 27.4 Å². The number of primary amides is 1. The lowest BCUT2D eigenvalue weighted by atomic mass is 10.1. The minimum Gasteiger partial charge on any atom is -0.481 e. The van der Waals surface area contributed by atoms with Gasteiger partial charge in [0.05, 0.1) is 25.7 Å². The Hall–Kier alpha value is -3.30. The molecule has 0 aromatic carbocycles. The van der Waals surface area contributed by atoms with E-state index in [0.29, 0.717) is 0 Å². The van der Waals surface area contributed by atoms with Crippen molar-refractivity contribution in [2.45, 2.75) is 43.4 Å². The molecule has 0 heterocycles. The van der Waals surface area contributed by atoms with Crippen LogP contribution in [0, 0.1) is 0 Å². The van der Waals surface area contributed by atoms with Gasteiger partial charge in [0.1, 0.15) is 18.1 Å². The Labute approximate surface area is 169 Å². The largest absolute Gasteiger partial charge is 0.481 e. The number of aliphatic hydroxyl groups is 2. The Kier molecular flexibility index (Phi) is 11.6. The molecule has 11 N–H and O–H groups in total. The molecule has 4 amide bonds. The van der Waals surface area contributed by atoms with Gasteiger partial charge in [-0.1, -0.05) is 0 Å². The minimum atomic E-state index is -1.66. The lowest BCUT2D eigenvalue weighted by Gasteiger charge is -2.23. The van der Waals surface area contributed by atoms with Crippen molar-refractivity contribution in [3.05, 3.63) is 0 Å². The quantitative estimate of drug-likeness (QED) is 0.124. The SMILES string of the molecule is NC(=O)CCC(NC(=O)C(CO)NC(=O)C(CO)NC(=O)C(N)CC(=O)O)C(=O)O. The fraction of sp³-hybridized carbons (Fsp3) is 0.600. The number of carbonyl (C=O) groups excluding carboxylic acids is 4. The maximum Gasteiger partial charge on any atom is 0.326 e. The Morgan fingerprint density at radius 1 is 0.767 bits per heavy atom. The molecule has 0 saturated heterocycles. The second-order valence-electron chi connectivity index (χ2n) is 6.10. The molecule has 15 nitrogen and oxygen atoms in total. The van der Waals surface area contributed by atoms with Gasteiger partial charge in [-0.05, 0) is 6.42 Å². The Morgan fingerprint density at radius 3 is 1.57 bits per heavy atom. The van der Waals surface area contributed by atoms with E-state index >= 15 is 0 Å². The molecule has 0 fully saturated rings. The van der Waals surface area contributed by atoms with Gasteiger partial charge in [0.2, 0.25) is 23.6 Å². The fourth-order valence-electron chi connectivity index (χ4n) is 2.04. The number of nitrogens with two attached hydrogens (primary N) is 2. The lowest BCUT2D eigenvalue weighted by molar-refractivity contribution is -0.143. The van der Waals surface area contributed by atoms with Crippen molar-refractivity contribution in [2.75, 3.05) is 13.2 Å². The van der Waals surface area contributed by atoms with Crippen LogP contribution in [0.5, 0.6) is 0 Å². The van der Waals surface area contributed by atoms with Crippen LogP contribution in [0.15, 0.2) is 0 Å². The predicted molar refractivity (Wildman–Crippen MR) is 96.3 cm³/mol. The van der Waals surface area contributed by atoms with Crippen LogP contribution in [0.4, 0.5) is 0 Å². The zero-order chi connectivity index (χ0) is 23.4. The van der Waals surface area contributed by atoms with Gasteiger partial charge in [0.15, 0.2) is 0 Å². The molecule has 0 bridgehead atoms. The van der Waals surface area contributed by atoms with Gasteiger partial charge in [-0.3, -0.25) is 24.0 Å². The van der Waals surface area contributed by atoms with Gasteiger partial charge < -0.3 is 47.8 Å². The summed E-state index contributed by atoms with van der Waals surface area (Å²) in [7, 11) is 0. The van der Waals surface area contributed by atoms with Gasteiger partial charge in [-0.15, -0.1) is 0 Å². The van der Waals surface area contributed by atoms with E-state index in [2.05, 4.69) is 0 Å². The van der Waals surface area contributed by atoms with E-state index in [1.807, 2.05) is 16.0 Å². The highest BCUT2D eigenvalue weighted by Gasteiger charge is 2.30. The van der Waals surface area contributed by atoms with E-state index in [9.17, 15) is 39.0 Å². The smallest absolute Gasteiger partial charge is 0.326 e. The van der Waals surface area contributed by atoms with Crippen molar-refractivity contribution in [3.63, 3.8) is 0 Å².